The van der Waals surface area contributed by atoms with E-state index in [1.807, 2.05) is 31.2 Å². The standard InChI is InChI=1S/C18H19BrN2O3/c1-13(6-7-14-8-10-16(19)11-9-14)20-18(22)12-15-4-2-3-5-17(15)21(23)24/h2-5,8-11,13H,6-7,12H2,1H3,(H,20,22). The molecule has 0 fully saturated rings. The molecule has 0 heterocycles. The second-order valence-corrected chi connectivity index (χ2v) is 6.61. The van der Waals surface area contributed by atoms with Crippen LogP contribution in [-0.2, 0) is 17.6 Å². The molecule has 0 saturated carbocycles. The van der Waals surface area contributed by atoms with Crippen LogP contribution in [0.1, 0.15) is 24.5 Å². The van der Waals surface area contributed by atoms with Crippen LogP contribution >= 0.6 is 15.9 Å². The number of nitro groups is 1. The van der Waals surface area contributed by atoms with Gasteiger partial charge < -0.3 is 5.32 Å². The molecule has 2 aromatic rings. The Bertz CT molecular complexity index is 716. The Labute approximate surface area is 149 Å². The zero-order valence-corrected chi connectivity index (χ0v) is 15.0. The number of amides is 1. The zero-order valence-electron chi connectivity index (χ0n) is 13.4. The van der Waals surface area contributed by atoms with Crippen LogP contribution in [0.4, 0.5) is 5.69 Å². The lowest BCUT2D eigenvalue weighted by molar-refractivity contribution is -0.385. The molecule has 6 heteroatoms. The minimum atomic E-state index is -0.459. The van der Waals surface area contributed by atoms with Crippen molar-refractivity contribution in [2.24, 2.45) is 0 Å². The predicted molar refractivity (Wildman–Crippen MR) is 96.9 cm³/mol. The molecule has 0 aliphatic carbocycles. The predicted octanol–water partition coefficient (Wildman–Crippen LogP) is 4.04. The summed E-state index contributed by atoms with van der Waals surface area (Å²) in [7, 11) is 0. The number of hydrogen-bond donors (Lipinski definition) is 1. The van der Waals surface area contributed by atoms with Crippen molar-refractivity contribution in [1.82, 2.24) is 5.32 Å². The van der Waals surface area contributed by atoms with Gasteiger partial charge in [-0.05, 0) is 37.5 Å². The Balaban J connectivity index is 1.85. The Morgan fingerprint density at radius 1 is 1.21 bits per heavy atom. The first kappa shape index (κ1) is 18.1. The highest BCUT2D eigenvalue weighted by atomic mass is 79.9. The number of nitrogens with zero attached hydrogens (tertiary/aromatic N) is 1. The third-order valence-electron chi connectivity index (χ3n) is 3.73. The van der Waals surface area contributed by atoms with Gasteiger partial charge in [-0.15, -0.1) is 0 Å². The third-order valence-corrected chi connectivity index (χ3v) is 4.25. The van der Waals surface area contributed by atoms with Crippen LogP contribution in [0.25, 0.3) is 0 Å². The van der Waals surface area contributed by atoms with Crippen molar-refractivity contribution >= 4 is 27.5 Å². The van der Waals surface area contributed by atoms with Gasteiger partial charge >= 0.3 is 0 Å². The fraction of sp³-hybridized carbons (Fsp3) is 0.278. The average Bonchev–Trinajstić information content (AvgIpc) is 2.54. The average molecular weight is 391 g/mol. The van der Waals surface area contributed by atoms with Crippen molar-refractivity contribution in [3.8, 4) is 0 Å². The molecule has 126 valence electrons. The largest absolute Gasteiger partial charge is 0.353 e. The van der Waals surface area contributed by atoms with Crippen LogP contribution in [0, 0.1) is 10.1 Å². The number of benzene rings is 2. The molecule has 24 heavy (non-hydrogen) atoms. The van der Waals surface area contributed by atoms with E-state index >= 15 is 0 Å². The summed E-state index contributed by atoms with van der Waals surface area (Å²) in [5.74, 6) is -0.201. The van der Waals surface area contributed by atoms with Gasteiger partial charge in [-0.2, -0.15) is 0 Å². The summed E-state index contributed by atoms with van der Waals surface area (Å²) in [6, 6.07) is 14.4. The molecule has 1 atom stereocenters. The van der Waals surface area contributed by atoms with E-state index in [0.29, 0.717) is 5.56 Å². The van der Waals surface area contributed by atoms with E-state index in [2.05, 4.69) is 21.2 Å². The Hall–Kier alpha value is -2.21. The van der Waals surface area contributed by atoms with Crippen LogP contribution in [-0.4, -0.2) is 16.9 Å². The highest BCUT2D eigenvalue weighted by Crippen LogP contribution is 2.18. The van der Waals surface area contributed by atoms with Gasteiger partial charge in [0.05, 0.1) is 11.3 Å². The van der Waals surface area contributed by atoms with Gasteiger partial charge in [0.15, 0.2) is 0 Å². The van der Waals surface area contributed by atoms with Gasteiger partial charge in [0.2, 0.25) is 5.91 Å². The van der Waals surface area contributed by atoms with Gasteiger partial charge in [0, 0.05) is 22.1 Å². The summed E-state index contributed by atoms with van der Waals surface area (Å²) >= 11 is 3.40. The highest BCUT2D eigenvalue weighted by molar-refractivity contribution is 9.10. The van der Waals surface area contributed by atoms with E-state index in [1.165, 1.54) is 11.6 Å². The van der Waals surface area contributed by atoms with Crippen LogP contribution in [0.3, 0.4) is 0 Å². The van der Waals surface area contributed by atoms with Crippen LogP contribution in [0.5, 0.6) is 0 Å². The Kier molecular flexibility index (Phi) is 6.49. The first-order valence-corrected chi connectivity index (χ1v) is 8.51. The number of carbonyl (C=O) groups excluding carboxylic acids is 1. The Morgan fingerprint density at radius 2 is 1.88 bits per heavy atom. The van der Waals surface area contributed by atoms with Crippen molar-refractivity contribution < 1.29 is 9.72 Å². The molecule has 1 N–H and O–H groups in total. The molecule has 0 aliphatic heterocycles. The van der Waals surface area contributed by atoms with Crippen molar-refractivity contribution in [3.05, 3.63) is 74.2 Å². The molecule has 0 radical (unpaired) electrons. The summed E-state index contributed by atoms with van der Waals surface area (Å²) in [6.07, 6.45) is 1.68. The molecule has 1 amide bonds. The van der Waals surface area contributed by atoms with E-state index in [1.54, 1.807) is 18.2 Å². The van der Waals surface area contributed by atoms with E-state index in [4.69, 9.17) is 0 Å². The molecule has 0 bridgehead atoms. The van der Waals surface area contributed by atoms with E-state index in [0.717, 1.165) is 17.3 Å². The van der Waals surface area contributed by atoms with Crippen molar-refractivity contribution in [3.63, 3.8) is 0 Å². The number of carbonyl (C=O) groups is 1. The fourth-order valence-electron chi connectivity index (χ4n) is 2.44. The summed E-state index contributed by atoms with van der Waals surface area (Å²) in [4.78, 5) is 22.6. The maximum atomic E-state index is 12.1. The smallest absolute Gasteiger partial charge is 0.273 e. The molecule has 1 unspecified atom stereocenters. The fourth-order valence-corrected chi connectivity index (χ4v) is 2.71. The van der Waals surface area contributed by atoms with Gasteiger partial charge in [-0.3, -0.25) is 14.9 Å². The monoisotopic (exact) mass is 390 g/mol. The second-order valence-electron chi connectivity index (χ2n) is 5.70. The molecule has 5 nitrogen and oxygen atoms in total. The third kappa shape index (κ3) is 5.45. The minimum Gasteiger partial charge on any atom is -0.353 e. The van der Waals surface area contributed by atoms with Gasteiger partial charge in [0.1, 0.15) is 0 Å². The lowest BCUT2D eigenvalue weighted by Crippen LogP contribution is -2.34. The van der Waals surface area contributed by atoms with Gasteiger partial charge in [-0.1, -0.05) is 46.3 Å². The SMILES string of the molecule is CC(CCc1ccc(Br)cc1)NC(=O)Cc1ccccc1[N+](=O)[O-]. The lowest BCUT2D eigenvalue weighted by atomic mass is 10.1. The van der Waals surface area contributed by atoms with Crippen molar-refractivity contribution in [2.75, 3.05) is 0 Å². The van der Waals surface area contributed by atoms with E-state index in [-0.39, 0.29) is 24.1 Å². The number of nitro benzene ring substituents is 1. The topological polar surface area (TPSA) is 72.2 Å². The molecular formula is C18H19BrN2O3. The maximum Gasteiger partial charge on any atom is 0.273 e. The molecule has 0 spiro atoms. The summed E-state index contributed by atoms with van der Waals surface area (Å²) in [5, 5.41) is 13.9. The minimum absolute atomic E-state index is 0.00363. The van der Waals surface area contributed by atoms with Crippen molar-refractivity contribution in [2.45, 2.75) is 32.2 Å². The number of para-hydroxylation sites is 1. The van der Waals surface area contributed by atoms with Gasteiger partial charge in [-0.25, -0.2) is 0 Å². The van der Waals surface area contributed by atoms with Crippen LogP contribution in [0.2, 0.25) is 0 Å². The molecule has 2 aromatic carbocycles. The molecular weight excluding hydrogens is 372 g/mol. The number of hydrogen-bond acceptors (Lipinski definition) is 3. The molecule has 0 aromatic heterocycles. The Morgan fingerprint density at radius 3 is 2.54 bits per heavy atom. The molecule has 2 rings (SSSR count). The quantitative estimate of drug-likeness (QED) is 0.572. The first-order chi connectivity index (χ1) is 11.5. The number of halogens is 1. The first-order valence-electron chi connectivity index (χ1n) is 7.72. The summed E-state index contributed by atoms with van der Waals surface area (Å²) in [6.45, 7) is 1.94. The number of rotatable bonds is 7. The van der Waals surface area contributed by atoms with E-state index < -0.39 is 4.92 Å². The maximum absolute atomic E-state index is 12.1. The number of nitrogens with one attached hydrogen (secondary N) is 1. The molecule has 0 aliphatic rings. The summed E-state index contributed by atoms with van der Waals surface area (Å²) in [5.41, 5.74) is 1.62. The number of aryl methyl sites for hydroxylation is 1. The zero-order chi connectivity index (χ0) is 17.5. The van der Waals surface area contributed by atoms with Gasteiger partial charge in [0.25, 0.3) is 5.69 Å². The summed E-state index contributed by atoms with van der Waals surface area (Å²) < 4.78 is 1.04. The lowest BCUT2D eigenvalue weighted by Gasteiger charge is -2.14. The second kappa shape index (κ2) is 8.59. The highest BCUT2D eigenvalue weighted by Gasteiger charge is 2.16. The molecule has 0 saturated heterocycles. The van der Waals surface area contributed by atoms with E-state index in [9.17, 15) is 14.9 Å². The normalized spacial score (nSPS) is 11.8. The van der Waals surface area contributed by atoms with Crippen LogP contribution < -0.4 is 5.32 Å². The van der Waals surface area contributed by atoms with Crippen molar-refractivity contribution in [1.29, 1.82) is 0 Å². The van der Waals surface area contributed by atoms with Crippen LogP contribution in [0.15, 0.2) is 53.0 Å².